The zero-order valence-corrected chi connectivity index (χ0v) is 8.43. The average molecular weight is 199 g/mol. The minimum Gasteiger partial charge on any atom is -0.388 e. The summed E-state index contributed by atoms with van der Waals surface area (Å²) in [6, 6.07) is 9.97. The molecule has 2 heteroatoms. The number of aliphatic hydroxyl groups excluding tert-OH is 1. The molecule has 1 saturated carbocycles. The van der Waals surface area contributed by atoms with Crippen LogP contribution in [0.4, 0.5) is 0 Å². The van der Waals surface area contributed by atoms with Crippen molar-refractivity contribution in [2.24, 2.45) is 5.92 Å². The monoisotopic (exact) mass is 199 g/mol. The Morgan fingerprint density at radius 1 is 1.20 bits per heavy atom. The summed E-state index contributed by atoms with van der Waals surface area (Å²) in [4.78, 5) is 4.35. The fourth-order valence-corrected chi connectivity index (χ4v) is 2.03. The number of hydrogen-bond donors (Lipinski definition) is 1. The standard InChI is InChI=1S/C13H13NO/c15-13(10-6-7-10)11-5-1-3-9-4-2-8-14-12(9)11/h1-5,8,10,13,15H,6-7H2. The first-order valence-electron chi connectivity index (χ1n) is 5.38. The number of pyridine rings is 1. The number of aliphatic hydroxyl groups is 1. The van der Waals surface area contributed by atoms with Crippen molar-refractivity contribution in [1.29, 1.82) is 0 Å². The third-order valence-corrected chi connectivity index (χ3v) is 3.05. The van der Waals surface area contributed by atoms with Gasteiger partial charge in [0.2, 0.25) is 0 Å². The summed E-state index contributed by atoms with van der Waals surface area (Å²) in [5.41, 5.74) is 1.93. The van der Waals surface area contributed by atoms with E-state index in [-0.39, 0.29) is 6.10 Å². The first-order chi connectivity index (χ1) is 7.36. The molecule has 1 N–H and O–H groups in total. The highest BCUT2D eigenvalue weighted by Gasteiger charge is 2.31. The summed E-state index contributed by atoms with van der Waals surface area (Å²) in [7, 11) is 0. The molecule has 1 heterocycles. The van der Waals surface area contributed by atoms with Crippen molar-refractivity contribution < 1.29 is 5.11 Å². The van der Waals surface area contributed by atoms with Gasteiger partial charge in [-0.15, -0.1) is 0 Å². The summed E-state index contributed by atoms with van der Waals surface area (Å²) in [6.45, 7) is 0. The second-order valence-electron chi connectivity index (χ2n) is 4.20. The van der Waals surface area contributed by atoms with E-state index in [0.717, 1.165) is 29.3 Å². The highest BCUT2D eigenvalue weighted by atomic mass is 16.3. The molecular formula is C13H13NO. The van der Waals surface area contributed by atoms with Gasteiger partial charge in [-0.2, -0.15) is 0 Å². The van der Waals surface area contributed by atoms with Gasteiger partial charge in [-0.25, -0.2) is 0 Å². The summed E-state index contributed by atoms with van der Waals surface area (Å²) in [5.74, 6) is 0.456. The SMILES string of the molecule is OC(c1cccc2cccnc12)C1CC1. The van der Waals surface area contributed by atoms with Crippen LogP contribution >= 0.6 is 0 Å². The van der Waals surface area contributed by atoms with Crippen LogP contribution in [0.2, 0.25) is 0 Å². The summed E-state index contributed by atoms with van der Waals surface area (Å²) < 4.78 is 0. The number of nitrogens with zero attached hydrogens (tertiary/aromatic N) is 1. The molecule has 0 amide bonds. The number of rotatable bonds is 2. The molecule has 1 unspecified atom stereocenters. The molecule has 2 aromatic rings. The lowest BCUT2D eigenvalue weighted by Gasteiger charge is -2.11. The molecule has 1 aliphatic carbocycles. The molecule has 1 fully saturated rings. The Morgan fingerprint density at radius 3 is 2.80 bits per heavy atom. The van der Waals surface area contributed by atoms with E-state index in [0.29, 0.717) is 5.92 Å². The summed E-state index contributed by atoms with van der Waals surface area (Å²) in [6.07, 6.45) is 3.74. The number of fused-ring (bicyclic) bond motifs is 1. The zero-order chi connectivity index (χ0) is 10.3. The number of aromatic nitrogens is 1. The number of para-hydroxylation sites is 1. The van der Waals surface area contributed by atoms with Gasteiger partial charge in [-0.3, -0.25) is 4.98 Å². The third kappa shape index (κ3) is 1.51. The Morgan fingerprint density at radius 2 is 2.00 bits per heavy atom. The minimum atomic E-state index is -0.330. The molecule has 1 aliphatic rings. The Labute approximate surface area is 88.6 Å². The lowest BCUT2D eigenvalue weighted by molar-refractivity contribution is 0.155. The predicted molar refractivity (Wildman–Crippen MR) is 59.4 cm³/mol. The van der Waals surface area contributed by atoms with E-state index >= 15 is 0 Å². The third-order valence-electron chi connectivity index (χ3n) is 3.05. The van der Waals surface area contributed by atoms with Crippen molar-refractivity contribution in [2.45, 2.75) is 18.9 Å². The molecule has 15 heavy (non-hydrogen) atoms. The molecule has 0 bridgehead atoms. The maximum absolute atomic E-state index is 10.1. The minimum absolute atomic E-state index is 0.330. The van der Waals surface area contributed by atoms with Crippen molar-refractivity contribution in [2.75, 3.05) is 0 Å². The maximum Gasteiger partial charge on any atom is 0.0839 e. The Bertz CT molecular complexity index is 485. The molecule has 2 nitrogen and oxygen atoms in total. The zero-order valence-electron chi connectivity index (χ0n) is 8.43. The van der Waals surface area contributed by atoms with Crippen LogP contribution in [0.15, 0.2) is 36.5 Å². The van der Waals surface area contributed by atoms with Crippen LogP contribution in [0.5, 0.6) is 0 Å². The van der Waals surface area contributed by atoms with Crippen molar-refractivity contribution in [3.05, 3.63) is 42.1 Å². The van der Waals surface area contributed by atoms with Gasteiger partial charge in [0, 0.05) is 17.1 Å². The van der Waals surface area contributed by atoms with E-state index in [4.69, 9.17) is 0 Å². The first kappa shape index (κ1) is 8.86. The van der Waals surface area contributed by atoms with Gasteiger partial charge in [0.15, 0.2) is 0 Å². The molecule has 0 aliphatic heterocycles. The fraction of sp³-hybridized carbons (Fsp3) is 0.308. The van der Waals surface area contributed by atoms with Crippen molar-refractivity contribution >= 4 is 10.9 Å². The van der Waals surface area contributed by atoms with Crippen molar-refractivity contribution in [1.82, 2.24) is 4.98 Å². The quantitative estimate of drug-likeness (QED) is 0.806. The van der Waals surface area contributed by atoms with E-state index in [1.165, 1.54) is 0 Å². The van der Waals surface area contributed by atoms with Gasteiger partial charge in [0.1, 0.15) is 0 Å². The van der Waals surface area contributed by atoms with E-state index in [2.05, 4.69) is 4.98 Å². The largest absolute Gasteiger partial charge is 0.388 e. The van der Waals surface area contributed by atoms with Crippen LogP contribution in [0.1, 0.15) is 24.5 Å². The van der Waals surface area contributed by atoms with Crippen LogP contribution in [0, 0.1) is 5.92 Å². The van der Waals surface area contributed by atoms with Crippen molar-refractivity contribution in [3.8, 4) is 0 Å². The molecular weight excluding hydrogens is 186 g/mol. The molecule has 0 spiro atoms. The fourth-order valence-electron chi connectivity index (χ4n) is 2.03. The second kappa shape index (κ2) is 3.31. The molecule has 1 atom stereocenters. The lowest BCUT2D eigenvalue weighted by atomic mass is 10.0. The Hall–Kier alpha value is -1.41. The maximum atomic E-state index is 10.1. The molecule has 0 saturated heterocycles. The second-order valence-corrected chi connectivity index (χ2v) is 4.20. The number of hydrogen-bond acceptors (Lipinski definition) is 2. The van der Waals surface area contributed by atoms with Crippen molar-refractivity contribution in [3.63, 3.8) is 0 Å². The normalized spacial score (nSPS) is 17.9. The van der Waals surface area contributed by atoms with Crippen LogP contribution in [-0.2, 0) is 0 Å². The summed E-state index contributed by atoms with van der Waals surface area (Å²) >= 11 is 0. The smallest absolute Gasteiger partial charge is 0.0839 e. The van der Waals surface area contributed by atoms with Gasteiger partial charge in [-0.1, -0.05) is 24.3 Å². The lowest BCUT2D eigenvalue weighted by Crippen LogP contribution is -2.01. The van der Waals surface area contributed by atoms with Gasteiger partial charge < -0.3 is 5.11 Å². The van der Waals surface area contributed by atoms with Crippen LogP contribution < -0.4 is 0 Å². The van der Waals surface area contributed by atoms with E-state index in [1.807, 2.05) is 30.3 Å². The van der Waals surface area contributed by atoms with Gasteiger partial charge in [-0.05, 0) is 24.8 Å². The van der Waals surface area contributed by atoms with E-state index in [9.17, 15) is 5.11 Å². The predicted octanol–water partition coefficient (Wildman–Crippen LogP) is 2.68. The molecule has 76 valence electrons. The Kier molecular flexibility index (Phi) is 1.96. The van der Waals surface area contributed by atoms with Crippen LogP contribution in [-0.4, -0.2) is 10.1 Å². The van der Waals surface area contributed by atoms with E-state index in [1.54, 1.807) is 6.20 Å². The van der Waals surface area contributed by atoms with Gasteiger partial charge in [0.05, 0.1) is 11.6 Å². The Balaban J connectivity index is 2.16. The molecule has 0 radical (unpaired) electrons. The van der Waals surface area contributed by atoms with Crippen LogP contribution in [0.25, 0.3) is 10.9 Å². The molecule has 1 aromatic carbocycles. The molecule has 1 aromatic heterocycles. The van der Waals surface area contributed by atoms with Gasteiger partial charge in [0.25, 0.3) is 0 Å². The molecule has 3 rings (SSSR count). The van der Waals surface area contributed by atoms with Gasteiger partial charge >= 0.3 is 0 Å². The highest BCUT2D eigenvalue weighted by Crippen LogP contribution is 2.42. The topological polar surface area (TPSA) is 33.1 Å². The first-order valence-corrected chi connectivity index (χ1v) is 5.38. The number of benzene rings is 1. The highest BCUT2D eigenvalue weighted by molar-refractivity contribution is 5.81. The average Bonchev–Trinajstić information content (AvgIpc) is 3.11. The van der Waals surface area contributed by atoms with E-state index < -0.39 is 0 Å². The summed E-state index contributed by atoms with van der Waals surface area (Å²) in [5, 5.41) is 11.2. The van der Waals surface area contributed by atoms with Crippen LogP contribution in [0.3, 0.4) is 0 Å².